The van der Waals surface area contributed by atoms with Gasteiger partial charge in [-0.1, -0.05) is 35.3 Å². The number of carbonyl (C=O) groups excluding carboxylic acids is 2. The fraction of sp³-hybridized carbons (Fsp3) is 0.167. The van der Waals surface area contributed by atoms with Crippen LogP contribution in [0.15, 0.2) is 42.5 Å². The minimum Gasteiger partial charge on any atom is -0.482 e. The van der Waals surface area contributed by atoms with Crippen LogP contribution < -0.4 is 15.4 Å². The Labute approximate surface area is 160 Å². The summed E-state index contributed by atoms with van der Waals surface area (Å²) in [6.45, 7) is 0.0472. The largest absolute Gasteiger partial charge is 0.482 e. The number of amides is 2. The SMILES string of the molecule is N#CCC(=O)NCc1cccc(NC(=O)COc2ccc(Cl)cc2Cl)c1. The molecule has 0 fully saturated rings. The fourth-order valence-electron chi connectivity index (χ4n) is 2.03. The maximum absolute atomic E-state index is 12.0. The van der Waals surface area contributed by atoms with Gasteiger partial charge in [-0.3, -0.25) is 9.59 Å². The van der Waals surface area contributed by atoms with Gasteiger partial charge in [-0.25, -0.2) is 0 Å². The standard InChI is InChI=1S/C18H15Cl2N3O3/c19-13-4-5-16(15(20)9-13)26-11-18(25)23-14-3-1-2-12(8-14)10-22-17(24)6-7-21/h1-5,8-9H,6,10-11H2,(H,22,24)(H,23,25). The fourth-order valence-corrected chi connectivity index (χ4v) is 2.49. The van der Waals surface area contributed by atoms with Gasteiger partial charge in [0.25, 0.3) is 5.91 Å². The summed E-state index contributed by atoms with van der Waals surface area (Å²) in [7, 11) is 0. The van der Waals surface area contributed by atoms with E-state index in [9.17, 15) is 9.59 Å². The maximum Gasteiger partial charge on any atom is 0.262 e. The van der Waals surface area contributed by atoms with Crippen molar-refractivity contribution in [1.29, 1.82) is 5.26 Å². The third-order valence-electron chi connectivity index (χ3n) is 3.19. The van der Waals surface area contributed by atoms with Crippen molar-refractivity contribution in [2.75, 3.05) is 11.9 Å². The van der Waals surface area contributed by atoms with E-state index < -0.39 is 0 Å². The lowest BCUT2D eigenvalue weighted by molar-refractivity contribution is -0.120. The Hall–Kier alpha value is -2.75. The number of anilines is 1. The minimum absolute atomic E-state index is 0.193. The van der Waals surface area contributed by atoms with Gasteiger partial charge < -0.3 is 15.4 Å². The van der Waals surface area contributed by atoms with E-state index in [2.05, 4.69) is 10.6 Å². The molecule has 8 heteroatoms. The van der Waals surface area contributed by atoms with Gasteiger partial charge >= 0.3 is 0 Å². The molecule has 0 spiro atoms. The Morgan fingerprint density at radius 1 is 1.12 bits per heavy atom. The van der Waals surface area contributed by atoms with Crippen LogP contribution >= 0.6 is 23.2 Å². The van der Waals surface area contributed by atoms with E-state index >= 15 is 0 Å². The second-order valence-corrected chi connectivity index (χ2v) is 6.07. The van der Waals surface area contributed by atoms with E-state index in [0.717, 1.165) is 5.56 Å². The molecule has 0 aliphatic heterocycles. The molecule has 0 heterocycles. The van der Waals surface area contributed by atoms with Crippen molar-refractivity contribution in [3.05, 3.63) is 58.1 Å². The second kappa shape index (κ2) is 9.66. The number of hydrogen-bond donors (Lipinski definition) is 2. The number of carbonyl (C=O) groups is 2. The summed E-state index contributed by atoms with van der Waals surface area (Å²) >= 11 is 11.8. The first kappa shape index (κ1) is 19.6. The lowest BCUT2D eigenvalue weighted by Gasteiger charge is -2.10. The first-order chi connectivity index (χ1) is 12.5. The van der Waals surface area contributed by atoms with Gasteiger partial charge in [0.05, 0.1) is 11.1 Å². The van der Waals surface area contributed by atoms with Gasteiger partial charge in [-0.05, 0) is 35.9 Å². The smallest absolute Gasteiger partial charge is 0.262 e. The zero-order valence-corrected chi connectivity index (χ0v) is 15.1. The Balaban J connectivity index is 1.87. The monoisotopic (exact) mass is 391 g/mol. The van der Waals surface area contributed by atoms with Crippen LogP contribution in [0.1, 0.15) is 12.0 Å². The van der Waals surface area contributed by atoms with Gasteiger partial charge in [0.2, 0.25) is 5.91 Å². The van der Waals surface area contributed by atoms with Crippen LogP contribution in [0.2, 0.25) is 10.0 Å². The van der Waals surface area contributed by atoms with E-state index in [-0.39, 0.29) is 31.4 Å². The average Bonchev–Trinajstić information content (AvgIpc) is 2.60. The molecule has 2 aromatic carbocycles. The highest BCUT2D eigenvalue weighted by atomic mass is 35.5. The summed E-state index contributed by atoms with van der Waals surface area (Å²) in [4.78, 5) is 23.3. The molecule has 0 aliphatic carbocycles. The minimum atomic E-state index is -0.360. The second-order valence-electron chi connectivity index (χ2n) is 5.22. The third kappa shape index (κ3) is 6.28. The molecule has 0 saturated carbocycles. The van der Waals surface area contributed by atoms with Crippen LogP contribution in [-0.2, 0) is 16.1 Å². The van der Waals surface area contributed by atoms with Crippen molar-refractivity contribution in [2.24, 2.45) is 0 Å². The molecule has 2 rings (SSSR count). The molecule has 0 atom stereocenters. The molecule has 2 amide bonds. The van der Waals surface area contributed by atoms with E-state index in [1.807, 2.05) is 0 Å². The Bertz CT molecular complexity index is 850. The summed E-state index contributed by atoms with van der Waals surface area (Å²) in [5, 5.41) is 14.6. The molecular formula is C18H15Cl2N3O3. The molecule has 2 aromatic rings. The molecule has 0 radical (unpaired) electrons. The highest BCUT2D eigenvalue weighted by Gasteiger charge is 2.08. The number of ether oxygens (including phenoxy) is 1. The number of benzene rings is 2. The summed E-state index contributed by atoms with van der Waals surface area (Å²) in [5.41, 5.74) is 1.35. The summed E-state index contributed by atoms with van der Waals surface area (Å²) in [6.07, 6.45) is -0.193. The lowest BCUT2D eigenvalue weighted by atomic mass is 10.2. The summed E-state index contributed by atoms with van der Waals surface area (Å²) in [5.74, 6) is -0.350. The van der Waals surface area contributed by atoms with Crippen LogP contribution in [-0.4, -0.2) is 18.4 Å². The lowest BCUT2D eigenvalue weighted by Crippen LogP contribution is -2.22. The van der Waals surface area contributed by atoms with Crippen LogP contribution in [0.3, 0.4) is 0 Å². The molecule has 2 N–H and O–H groups in total. The number of nitrogens with one attached hydrogen (secondary N) is 2. The number of rotatable bonds is 7. The van der Waals surface area contributed by atoms with Gasteiger partial charge in [-0.2, -0.15) is 5.26 Å². The Morgan fingerprint density at radius 2 is 1.92 bits per heavy atom. The van der Waals surface area contributed by atoms with E-state index in [1.54, 1.807) is 42.5 Å². The quantitative estimate of drug-likeness (QED) is 0.754. The van der Waals surface area contributed by atoms with Crippen molar-refractivity contribution in [2.45, 2.75) is 13.0 Å². The van der Waals surface area contributed by atoms with Crippen molar-refractivity contribution in [3.63, 3.8) is 0 Å². The van der Waals surface area contributed by atoms with E-state index in [0.29, 0.717) is 21.5 Å². The highest BCUT2D eigenvalue weighted by Crippen LogP contribution is 2.27. The molecule has 0 aliphatic rings. The zero-order chi connectivity index (χ0) is 18.9. The maximum atomic E-state index is 12.0. The molecule has 134 valence electrons. The zero-order valence-electron chi connectivity index (χ0n) is 13.6. The molecular weight excluding hydrogens is 377 g/mol. The Kier molecular flexibility index (Phi) is 7.27. The van der Waals surface area contributed by atoms with Crippen LogP contribution in [0.5, 0.6) is 5.75 Å². The van der Waals surface area contributed by atoms with Gasteiger partial charge in [0.15, 0.2) is 6.61 Å². The number of halogens is 2. The van der Waals surface area contributed by atoms with Crippen LogP contribution in [0.4, 0.5) is 5.69 Å². The molecule has 26 heavy (non-hydrogen) atoms. The summed E-state index contributed by atoms with van der Waals surface area (Å²) < 4.78 is 5.37. The van der Waals surface area contributed by atoms with Gasteiger partial charge in [0, 0.05) is 17.3 Å². The van der Waals surface area contributed by atoms with Crippen molar-refractivity contribution in [1.82, 2.24) is 5.32 Å². The van der Waals surface area contributed by atoms with E-state index in [1.165, 1.54) is 6.07 Å². The molecule has 0 saturated heterocycles. The number of nitriles is 1. The molecule has 0 bridgehead atoms. The van der Waals surface area contributed by atoms with Crippen molar-refractivity contribution >= 4 is 40.7 Å². The summed E-state index contributed by atoms with van der Waals surface area (Å²) in [6, 6.07) is 13.5. The molecule has 0 unspecified atom stereocenters. The predicted octanol–water partition coefficient (Wildman–Crippen LogP) is 3.54. The third-order valence-corrected chi connectivity index (χ3v) is 3.72. The molecule has 6 nitrogen and oxygen atoms in total. The van der Waals surface area contributed by atoms with Crippen LogP contribution in [0.25, 0.3) is 0 Å². The average molecular weight is 392 g/mol. The van der Waals surface area contributed by atoms with Gasteiger partial charge in [-0.15, -0.1) is 0 Å². The van der Waals surface area contributed by atoms with Crippen molar-refractivity contribution in [3.8, 4) is 11.8 Å². The molecule has 0 aromatic heterocycles. The highest BCUT2D eigenvalue weighted by molar-refractivity contribution is 6.35. The van der Waals surface area contributed by atoms with E-state index in [4.69, 9.17) is 33.2 Å². The predicted molar refractivity (Wildman–Crippen MR) is 99.1 cm³/mol. The first-order valence-corrected chi connectivity index (χ1v) is 8.34. The van der Waals surface area contributed by atoms with Crippen molar-refractivity contribution < 1.29 is 14.3 Å². The number of hydrogen-bond acceptors (Lipinski definition) is 4. The van der Waals surface area contributed by atoms with Crippen LogP contribution in [0, 0.1) is 11.3 Å². The topological polar surface area (TPSA) is 91.2 Å². The number of nitrogens with zero attached hydrogens (tertiary/aromatic N) is 1. The first-order valence-electron chi connectivity index (χ1n) is 7.58. The van der Waals surface area contributed by atoms with Gasteiger partial charge in [0.1, 0.15) is 12.2 Å². The normalized spacial score (nSPS) is 9.88. The Morgan fingerprint density at radius 3 is 2.65 bits per heavy atom.